The fraction of sp³-hybridized carbons (Fsp3) is 0.583. The molecule has 1 aromatic rings. The first-order valence-corrected chi connectivity index (χ1v) is 6.46. The van der Waals surface area contributed by atoms with Crippen LogP contribution in [0.5, 0.6) is 0 Å². The maximum absolute atomic E-state index is 10.9. The zero-order chi connectivity index (χ0) is 13.0. The zero-order valence-electron chi connectivity index (χ0n) is 10.6. The van der Waals surface area contributed by atoms with Gasteiger partial charge in [0.05, 0.1) is 30.8 Å². The second-order valence-electron chi connectivity index (χ2n) is 4.71. The van der Waals surface area contributed by atoms with E-state index in [1.54, 1.807) is 17.2 Å². The summed E-state index contributed by atoms with van der Waals surface area (Å²) in [4.78, 5) is 15.1. The van der Waals surface area contributed by atoms with Crippen molar-refractivity contribution in [3.05, 3.63) is 28.4 Å². The number of aromatic nitrogens is 1. The Kier molecular flexibility index (Phi) is 4.09. The average Bonchev–Trinajstić information content (AvgIpc) is 2.40. The summed E-state index contributed by atoms with van der Waals surface area (Å²) in [5.74, 6) is 0.521. The molecule has 0 radical (unpaired) electrons. The predicted molar refractivity (Wildman–Crippen MR) is 67.5 cm³/mol. The molecule has 0 unspecified atom stereocenters. The lowest BCUT2D eigenvalue weighted by molar-refractivity contribution is -0.903. The standard InChI is InChI=1S/C12H18N4O2/c1-2-15-8-5-10(6-9-15)14-12-11(16(17)18)4-3-7-13-12/h3-4,7,10H,2,5-6,8-9H2,1H3,(H,13,14)/p+2. The number of hydrogen-bond acceptors (Lipinski definition) is 3. The molecule has 6 heteroatoms. The van der Waals surface area contributed by atoms with Crippen molar-refractivity contribution in [2.75, 3.05) is 25.0 Å². The third-order valence-electron chi connectivity index (χ3n) is 3.57. The summed E-state index contributed by atoms with van der Waals surface area (Å²) in [6.07, 6.45) is 3.83. The summed E-state index contributed by atoms with van der Waals surface area (Å²) in [6.45, 7) is 5.62. The van der Waals surface area contributed by atoms with E-state index in [9.17, 15) is 10.1 Å². The summed E-state index contributed by atoms with van der Waals surface area (Å²) in [5, 5.41) is 14.2. The van der Waals surface area contributed by atoms with Crippen LogP contribution in [0.2, 0.25) is 0 Å². The number of nitrogens with one attached hydrogen (secondary N) is 3. The van der Waals surface area contributed by atoms with Crippen LogP contribution in [0.3, 0.4) is 0 Å². The van der Waals surface area contributed by atoms with Crippen LogP contribution in [-0.2, 0) is 0 Å². The molecule has 0 aromatic carbocycles. The largest absolute Gasteiger partial charge is 0.357 e. The molecule has 2 heterocycles. The number of anilines is 1. The molecule has 6 nitrogen and oxygen atoms in total. The molecule has 1 saturated heterocycles. The number of aromatic amines is 1. The van der Waals surface area contributed by atoms with Crippen LogP contribution >= 0.6 is 0 Å². The first kappa shape index (κ1) is 12.8. The van der Waals surface area contributed by atoms with Crippen molar-refractivity contribution >= 4 is 11.5 Å². The Labute approximate surface area is 106 Å². The molecule has 0 spiro atoms. The summed E-state index contributed by atoms with van der Waals surface area (Å²) < 4.78 is 0. The number of H-pyrrole nitrogens is 1. The fourth-order valence-corrected chi connectivity index (χ4v) is 2.42. The van der Waals surface area contributed by atoms with E-state index in [2.05, 4.69) is 17.2 Å². The number of likely N-dealkylation sites (tertiary alicyclic amines) is 1. The highest BCUT2D eigenvalue weighted by molar-refractivity contribution is 5.51. The monoisotopic (exact) mass is 252 g/mol. The highest BCUT2D eigenvalue weighted by Gasteiger charge is 2.28. The molecular formula is C12H20N4O2+2. The van der Waals surface area contributed by atoms with Crippen molar-refractivity contribution in [2.45, 2.75) is 25.8 Å². The molecule has 3 N–H and O–H groups in total. The van der Waals surface area contributed by atoms with E-state index in [0.29, 0.717) is 11.9 Å². The van der Waals surface area contributed by atoms with Gasteiger partial charge in [0.2, 0.25) is 0 Å². The number of pyridine rings is 1. The van der Waals surface area contributed by atoms with E-state index >= 15 is 0 Å². The topological polar surface area (TPSA) is 73.8 Å². The van der Waals surface area contributed by atoms with E-state index in [0.717, 1.165) is 32.5 Å². The van der Waals surface area contributed by atoms with Gasteiger partial charge in [-0.3, -0.25) is 15.4 Å². The van der Waals surface area contributed by atoms with Gasteiger partial charge >= 0.3 is 11.5 Å². The van der Waals surface area contributed by atoms with Crippen molar-refractivity contribution in [1.29, 1.82) is 0 Å². The molecule has 1 aliphatic rings. The van der Waals surface area contributed by atoms with Gasteiger partial charge in [-0.25, -0.2) is 4.98 Å². The minimum Gasteiger partial charge on any atom is -0.335 e. The Balaban J connectivity index is 2.00. The van der Waals surface area contributed by atoms with Crippen LogP contribution in [0, 0.1) is 10.1 Å². The van der Waals surface area contributed by atoms with Gasteiger partial charge in [0.1, 0.15) is 6.04 Å². The molecule has 0 atom stereocenters. The van der Waals surface area contributed by atoms with Crippen molar-refractivity contribution in [2.24, 2.45) is 0 Å². The third kappa shape index (κ3) is 2.95. The molecule has 1 fully saturated rings. The van der Waals surface area contributed by atoms with Crippen LogP contribution in [-0.4, -0.2) is 30.6 Å². The zero-order valence-corrected chi connectivity index (χ0v) is 10.6. The first-order valence-electron chi connectivity index (χ1n) is 6.46. The maximum atomic E-state index is 10.9. The van der Waals surface area contributed by atoms with Gasteiger partial charge in [0.25, 0.3) is 0 Å². The second-order valence-corrected chi connectivity index (χ2v) is 4.71. The Bertz CT molecular complexity index is 416. The lowest BCUT2D eigenvalue weighted by Crippen LogP contribution is -3.13. The van der Waals surface area contributed by atoms with Crippen LogP contribution in [0.25, 0.3) is 0 Å². The van der Waals surface area contributed by atoms with Crippen molar-refractivity contribution in [3.8, 4) is 0 Å². The van der Waals surface area contributed by atoms with E-state index in [1.807, 2.05) is 0 Å². The number of quaternary nitrogens is 1. The van der Waals surface area contributed by atoms with Crippen molar-refractivity contribution in [1.82, 2.24) is 0 Å². The molecule has 18 heavy (non-hydrogen) atoms. The quantitative estimate of drug-likeness (QED) is 0.580. The number of hydrogen-bond donors (Lipinski definition) is 2. The second kappa shape index (κ2) is 5.77. The number of nitro groups is 1. The van der Waals surface area contributed by atoms with Crippen LogP contribution in [0.4, 0.5) is 11.5 Å². The van der Waals surface area contributed by atoms with Gasteiger partial charge in [0.15, 0.2) is 0 Å². The third-order valence-corrected chi connectivity index (χ3v) is 3.57. The van der Waals surface area contributed by atoms with Crippen molar-refractivity contribution < 1.29 is 14.8 Å². The highest BCUT2D eigenvalue weighted by atomic mass is 16.6. The number of nitrogens with zero attached hydrogens (tertiary/aromatic N) is 1. The number of rotatable bonds is 4. The smallest absolute Gasteiger partial charge is 0.335 e. The summed E-state index contributed by atoms with van der Waals surface area (Å²) in [5.41, 5.74) is 0.114. The van der Waals surface area contributed by atoms with Gasteiger partial charge in [-0.15, -0.1) is 0 Å². The first-order chi connectivity index (χ1) is 8.70. The molecule has 0 amide bonds. The molecule has 98 valence electrons. The van der Waals surface area contributed by atoms with Crippen LogP contribution in [0.1, 0.15) is 19.8 Å². The van der Waals surface area contributed by atoms with Gasteiger partial charge < -0.3 is 4.90 Å². The molecule has 0 bridgehead atoms. The SMILES string of the molecule is CC[NH+]1CCC(Nc2[nH+]cccc2[N+](=O)[O-])CC1. The Morgan fingerprint density at radius 1 is 1.56 bits per heavy atom. The lowest BCUT2D eigenvalue weighted by atomic mass is 10.1. The molecule has 2 rings (SSSR count). The Morgan fingerprint density at radius 2 is 2.28 bits per heavy atom. The lowest BCUT2D eigenvalue weighted by Gasteiger charge is -2.26. The molecule has 0 aliphatic carbocycles. The highest BCUT2D eigenvalue weighted by Crippen LogP contribution is 2.19. The van der Waals surface area contributed by atoms with Gasteiger partial charge in [-0.05, 0) is 13.0 Å². The van der Waals surface area contributed by atoms with Gasteiger partial charge in [0, 0.05) is 18.9 Å². The predicted octanol–water partition coefficient (Wildman–Crippen LogP) is -0.112. The average molecular weight is 252 g/mol. The minimum absolute atomic E-state index is 0.114. The van der Waals surface area contributed by atoms with E-state index < -0.39 is 0 Å². The molecule has 1 aliphatic heterocycles. The van der Waals surface area contributed by atoms with E-state index in [1.165, 1.54) is 6.07 Å². The Morgan fingerprint density at radius 3 is 2.89 bits per heavy atom. The fourth-order valence-electron chi connectivity index (χ4n) is 2.42. The van der Waals surface area contributed by atoms with Gasteiger partial charge in [-0.2, -0.15) is 0 Å². The number of piperidine rings is 1. The summed E-state index contributed by atoms with van der Waals surface area (Å²) >= 11 is 0. The molecular weight excluding hydrogens is 232 g/mol. The van der Waals surface area contributed by atoms with E-state index in [-0.39, 0.29) is 10.6 Å². The van der Waals surface area contributed by atoms with Crippen molar-refractivity contribution in [3.63, 3.8) is 0 Å². The maximum Gasteiger partial charge on any atom is 0.357 e. The van der Waals surface area contributed by atoms with Gasteiger partial charge in [-0.1, -0.05) is 0 Å². The summed E-state index contributed by atoms with van der Waals surface area (Å²) in [6, 6.07) is 3.50. The minimum atomic E-state index is -0.356. The molecule has 1 aromatic heterocycles. The summed E-state index contributed by atoms with van der Waals surface area (Å²) in [7, 11) is 0. The van der Waals surface area contributed by atoms with Crippen LogP contribution in [0.15, 0.2) is 18.3 Å². The Hall–Kier alpha value is -1.69. The van der Waals surface area contributed by atoms with E-state index in [4.69, 9.17) is 0 Å². The van der Waals surface area contributed by atoms with Crippen LogP contribution < -0.4 is 15.2 Å². The normalized spacial score (nSPS) is 23.6. The molecule has 0 saturated carbocycles.